The number of rotatable bonds is 1. The SMILES string of the molecule is CC1CCN(C2CCCCCC2=O)CC1O. The summed E-state index contributed by atoms with van der Waals surface area (Å²) in [4.78, 5) is 14.2. The second kappa shape index (κ2) is 5.28. The van der Waals surface area contributed by atoms with Crippen molar-refractivity contribution in [2.75, 3.05) is 13.1 Å². The molecule has 1 aliphatic carbocycles. The smallest absolute Gasteiger partial charge is 0.149 e. The summed E-state index contributed by atoms with van der Waals surface area (Å²) < 4.78 is 0. The van der Waals surface area contributed by atoms with Gasteiger partial charge in [-0.05, 0) is 31.7 Å². The minimum absolute atomic E-state index is 0.102. The number of β-amino-alcohol motifs (C(OH)–C–C–N with tert-alkyl or cyclic N) is 1. The molecule has 0 aromatic heterocycles. The highest BCUT2D eigenvalue weighted by Gasteiger charge is 2.32. The monoisotopic (exact) mass is 225 g/mol. The lowest BCUT2D eigenvalue weighted by Crippen LogP contribution is -2.50. The Kier molecular flexibility index (Phi) is 3.98. The molecule has 0 bridgehead atoms. The number of aliphatic hydroxyl groups excluding tert-OH is 1. The largest absolute Gasteiger partial charge is 0.392 e. The maximum Gasteiger partial charge on any atom is 0.149 e. The van der Waals surface area contributed by atoms with E-state index >= 15 is 0 Å². The Labute approximate surface area is 97.8 Å². The van der Waals surface area contributed by atoms with Crippen LogP contribution in [-0.2, 0) is 4.79 Å². The van der Waals surface area contributed by atoms with Crippen LogP contribution in [0.15, 0.2) is 0 Å². The molecule has 2 rings (SSSR count). The summed E-state index contributed by atoms with van der Waals surface area (Å²) in [6.45, 7) is 3.77. The molecule has 1 N–H and O–H groups in total. The van der Waals surface area contributed by atoms with Crippen LogP contribution in [0.25, 0.3) is 0 Å². The summed E-state index contributed by atoms with van der Waals surface area (Å²) in [5.74, 6) is 0.788. The molecule has 2 fully saturated rings. The zero-order chi connectivity index (χ0) is 11.5. The lowest BCUT2D eigenvalue weighted by molar-refractivity contribution is -0.126. The van der Waals surface area contributed by atoms with Gasteiger partial charge in [0.1, 0.15) is 5.78 Å². The number of hydrogen-bond donors (Lipinski definition) is 1. The van der Waals surface area contributed by atoms with E-state index in [2.05, 4.69) is 11.8 Å². The zero-order valence-corrected chi connectivity index (χ0v) is 10.2. The molecule has 92 valence electrons. The number of nitrogens with zero attached hydrogens (tertiary/aromatic N) is 1. The fourth-order valence-corrected chi connectivity index (χ4v) is 2.88. The van der Waals surface area contributed by atoms with Gasteiger partial charge in [0.15, 0.2) is 0 Å². The summed E-state index contributed by atoms with van der Waals surface area (Å²) in [5.41, 5.74) is 0. The van der Waals surface area contributed by atoms with Crippen molar-refractivity contribution < 1.29 is 9.90 Å². The van der Waals surface area contributed by atoms with Gasteiger partial charge in [0, 0.05) is 13.0 Å². The van der Waals surface area contributed by atoms with Gasteiger partial charge in [-0.25, -0.2) is 0 Å². The van der Waals surface area contributed by atoms with Gasteiger partial charge in [-0.1, -0.05) is 19.8 Å². The predicted octanol–water partition coefficient (Wildman–Crippen LogP) is 1.59. The Bertz CT molecular complexity index is 254. The average molecular weight is 225 g/mol. The van der Waals surface area contributed by atoms with E-state index in [0.717, 1.165) is 32.2 Å². The van der Waals surface area contributed by atoms with Gasteiger partial charge in [-0.15, -0.1) is 0 Å². The van der Waals surface area contributed by atoms with Crippen LogP contribution in [0.3, 0.4) is 0 Å². The number of Topliss-reactive ketones (excluding diaryl/α,β-unsaturated/α-hetero) is 1. The molecule has 3 unspecified atom stereocenters. The third-order valence-electron chi connectivity index (χ3n) is 4.16. The molecule has 0 amide bonds. The summed E-state index contributed by atoms with van der Waals surface area (Å²) in [5, 5.41) is 9.88. The number of ketones is 1. The zero-order valence-electron chi connectivity index (χ0n) is 10.2. The number of carbonyl (C=O) groups excluding carboxylic acids is 1. The average Bonchev–Trinajstić information content (AvgIpc) is 2.47. The lowest BCUT2D eigenvalue weighted by atomic mass is 9.93. The molecule has 1 saturated heterocycles. The van der Waals surface area contributed by atoms with Crippen molar-refractivity contribution in [1.82, 2.24) is 4.90 Å². The Hall–Kier alpha value is -0.410. The van der Waals surface area contributed by atoms with Crippen LogP contribution >= 0.6 is 0 Å². The fourth-order valence-electron chi connectivity index (χ4n) is 2.88. The van der Waals surface area contributed by atoms with Crippen molar-refractivity contribution >= 4 is 5.78 Å². The number of piperidine rings is 1. The highest BCUT2D eigenvalue weighted by atomic mass is 16.3. The molecule has 3 atom stereocenters. The summed E-state index contributed by atoms with van der Waals surface area (Å²) in [6.07, 6.45) is 5.93. The van der Waals surface area contributed by atoms with Gasteiger partial charge in [0.05, 0.1) is 12.1 Å². The van der Waals surface area contributed by atoms with Gasteiger partial charge < -0.3 is 5.11 Å². The van der Waals surface area contributed by atoms with E-state index in [9.17, 15) is 9.90 Å². The first-order chi connectivity index (χ1) is 7.68. The molecule has 3 heteroatoms. The topological polar surface area (TPSA) is 40.5 Å². The van der Waals surface area contributed by atoms with Crippen molar-refractivity contribution in [3.05, 3.63) is 0 Å². The Balaban J connectivity index is 1.97. The highest BCUT2D eigenvalue weighted by Crippen LogP contribution is 2.24. The third kappa shape index (κ3) is 2.64. The van der Waals surface area contributed by atoms with E-state index in [1.165, 1.54) is 12.8 Å². The second-order valence-corrected chi connectivity index (χ2v) is 5.41. The first-order valence-electron chi connectivity index (χ1n) is 6.63. The van der Waals surface area contributed by atoms with E-state index < -0.39 is 0 Å². The number of hydrogen-bond acceptors (Lipinski definition) is 3. The Morgan fingerprint density at radius 3 is 2.81 bits per heavy atom. The minimum Gasteiger partial charge on any atom is -0.392 e. The Morgan fingerprint density at radius 1 is 1.25 bits per heavy atom. The standard InChI is InChI=1S/C13H23NO2/c1-10-7-8-14(9-13(10)16)11-5-3-2-4-6-12(11)15/h10-11,13,16H,2-9H2,1H3. The van der Waals surface area contributed by atoms with Crippen molar-refractivity contribution in [2.24, 2.45) is 5.92 Å². The number of carbonyl (C=O) groups is 1. The van der Waals surface area contributed by atoms with E-state index in [-0.39, 0.29) is 12.1 Å². The van der Waals surface area contributed by atoms with Crippen molar-refractivity contribution in [2.45, 2.75) is 57.6 Å². The number of aliphatic hydroxyl groups is 1. The molecule has 0 radical (unpaired) electrons. The third-order valence-corrected chi connectivity index (χ3v) is 4.16. The second-order valence-electron chi connectivity index (χ2n) is 5.41. The maximum absolute atomic E-state index is 12.0. The van der Waals surface area contributed by atoms with Gasteiger partial charge in [-0.3, -0.25) is 9.69 Å². The molecule has 16 heavy (non-hydrogen) atoms. The van der Waals surface area contributed by atoms with Gasteiger partial charge >= 0.3 is 0 Å². The summed E-state index contributed by atoms with van der Waals surface area (Å²) in [7, 11) is 0. The summed E-state index contributed by atoms with van der Waals surface area (Å²) >= 11 is 0. The van der Waals surface area contributed by atoms with Crippen LogP contribution in [0.4, 0.5) is 0 Å². The van der Waals surface area contributed by atoms with Gasteiger partial charge in [0.2, 0.25) is 0 Å². The molecular formula is C13H23NO2. The van der Waals surface area contributed by atoms with Crippen LogP contribution < -0.4 is 0 Å². The van der Waals surface area contributed by atoms with Crippen LogP contribution in [0.5, 0.6) is 0 Å². The highest BCUT2D eigenvalue weighted by molar-refractivity contribution is 5.84. The molecule has 0 spiro atoms. The lowest BCUT2D eigenvalue weighted by Gasteiger charge is -2.38. The molecule has 1 saturated carbocycles. The van der Waals surface area contributed by atoms with E-state index in [4.69, 9.17) is 0 Å². The van der Waals surface area contributed by atoms with Crippen molar-refractivity contribution in [3.8, 4) is 0 Å². The molecule has 1 aliphatic heterocycles. The molecular weight excluding hydrogens is 202 g/mol. The normalized spacial score (nSPS) is 38.4. The predicted molar refractivity (Wildman–Crippen MR) is 63.2 cm³/mol. The first-order valence-corrected chi connectivity index (χ1v) is 6.63. The van der Waals surface area contributed by atoms with E-state index in [1.807, 2.05) is 0 Å². The molecule has 3 nitrogen and oxygen atoms in total. The van der Waals surface area contributed by atoms with E-state index in [0.29, 0.717) is 18.2 Å². The van der Waals surface area contributed by atoms with Gasteiger partial charge in [0.25, 0.3) is 0 Å². The Morgan fingerprint density at radius 2 is 2.06 bits per heavy atom. The quantitative estimate of drug-likeness (QED) is 0.689. The summed E-state index contributed by atoms with van der Waals surface area (Å²) in [6, 6.07) is 0.102. The molecule has 0 aromatic carbocycles. The van der Waals surface area contributed by atoms with Crippen LogP contribution in [0.1, 0.15) is 45.4 Å². The van der Waals surface area contributed by atoms with E-state index in [1.54, 1.807) is 0 Å². The molecule has 0 aromatic rings. The first kappa shape index (κ1) is 12.1. The van der Waals surface area contributed by atoms with Crippen molar-refractivity contribution in [1.29, 1.82) is 0 Å². The van der Waals surface area contributed by atoms with Crippen molar-refractivity contribution in [3.63, 3.8) is 0 Å². The molecule has 1 heterocycles. The van der Waals surface area contributed by atoms with Crippen LogP contribution in [-0.4, -0.2) is 41.0 Å². The fraction of sp³-hybridized carbons (Fsp3) is 0.923. The van der Waals surface area contributed by atoms with Gasteiger partial charge in [-0.2, -0.15) is 0 Å². The van der Waals surface area contributed by atoms with Crippen LogP contribution in [0.2, 0.25) is 0 Å². The minimum atomic E-state index is -0.246. The maximum atomic E-state index is 12.0. The molecule has 2 aliphatic rings. The van der Waals surface area contributed by atoms with Crippen LogP contribution in [0, 0.1) is 5.92 Å². The number of likely N-dealkylation sites (tertiary alicyclic amines) is 1.